The van der Waals surface area contributed by atoms with Crippen LogP contribution in [0.1, 0.15) is 23.0 Å². The molecule has 0 aromatic carbocycles. The maximum atomic E-state index is 11.0. The zero-order chi connectivity index (χ0) is 11.0. The molecule has 0 amide bonds. The Kier molecular flexibility index (Phi) is 2.48. The summed E-state index contributed by atoms with van der Waals surface area (Å²) in [5, 5.41) is 8.99. The third-order valence-corrected chi connectivity index (χ3v) is 3.06. The third-order valence-electron chi connectivity index (χ3n) is 2.22. The third kappa shape index (κ3) is 1.52. The smallest absolute Gasteiger partial charge is 0.339 e. The van der Waals surface area contributed by atoms with Crippen LogP contribution in [0, 0.1) is 0 Å². The number of nitrogens with zero attached hydrogens (tertiary/aromatic N) is 2. The van der Waals surface area contributed by atoms with Gasteiger partial charge in [-0.3, -0.25) is 4.40 Å². The van der Waals surface area contributed by atoms with Gasteiger partial charge >= 0.3 is 5.97 Å². The van der Waals surface area contributed by atoms with Crippen LogP contribution in [-0.4, -0.2) is 20.5 Å². The Morgan fingerprint density at radius 3 is 3.00 bits per heavy atom. The first-order chi connectivity index (χ1) is 7.15. The van der Waals surface area contributed by atoms with Crippen molar-refractivity contribution >= 4 is 27.5 Å². The molecule has 0 aliphatic rings. The van der Waals surface area contributed by atoms with Gasteiger partial charge in [0, 0.05) is 6.20 Å². The van der Waals surface area contributed by atoms with E-state index in [4.69, 9.17) is 5.11 Å². The summed E-state index contributed by atoms with van der Waals surface area (Å²) in [7, 11) is 0. The zero-order valence-electron chi connectivity index (χ0n) is 8.07. The largest absolute Gasteiger partial charge is 0.478 e. The van der Waals surface area contributed by atoms with Crippen LogP contribution in [0.2, 0.25) is 0 Å². The molecule has 4 nitrogen and oxygen atoms in total. The summed E-state index contributed by atoms with van der Waals surface area (Å²) in [6.07, 6.45) is 2.55. The first-order valence-electron chi connectivity index (χ1n) is 4.54. The number of rotatable bonds is 2. The number of fused-ring (bicyclic) bond motifs is 1. The minimum atomic E-state index is -0.958. The Balaban J connectivity index is 2.81. The van der Waals surface area contributed by atoms with Gasteiger partial charge in [0.1, 0.15) is 10.2 Å². The summed E-state index contributed by atoms with van der Waals surface area (Å²) in [4.78, 5) is 15.2. The number of pyridine rings is 1. The number of carboxylic acids is 1. The number of halogens is 1. The van der Waals surface area contributed by atoms with Gasteiger partial charge in [0.15, 0.2) is 5.65 Å². The molecular formula is C10H9BrN2O2. The molecule has 0 radical (unpaired) electrons. The number of imidazole rings is 1. The van der Waals surface area contributed by atoms with Gasteiger partial charge in [-0.2, -0.15) is 0 Å². The lowest BCUT2D eigenvalue weighted by Crippen LogP contribution is -2.00. The van der Waals surface area contributed by atoms with Crippen LogP contribution in [0.5, 0.6) is 0 Å². The van der Waals surface area contributed by atoms with Gasteiger partial charge < -0.3 is 5.11 Å². The number of carbonyl (C=O) groups is 1. The fraction of sp³-hybridized carbons (Fsp3) is 0.200. The number of hydrogen-bond donors (Lipinski definition) is 1. The molecular weight excluding hydrogens is 260 g/mol. The van der Waals surface area contributed by atoms with Crippen molar-refractivity contribution in [2.45, 2.75) is 13.3 Å². The Morgan fingerprint density at radius 1 is 1.67 bits per heavy atom. The van der Waals surface area contributed by atoms with Crippen molar-refractivity contribution in [1.29, 1.82) is 0 Å². The molecule has 0 unspecified atom stereocenters. The lowest BCUT2D eigenvalue weighted by atomic mass is 10.3. The van der Waals surface area contributed by atoms with Crippen molar-refractivity contribution in [1.82, 2.24) is 9.38 Å². The van der Waals surface area contributed by atoms with E-state index in [0.717, 1.165) is 16.7 Å². The van der Waals surface area contributed by atoms with Crippen molar-refractivity contribution in [2.75, 3.05) is 0 Å². The van der Waals surface area contributed by atoms with Gasteiger partial charge in [0.2, 0.25) is 0 Å². The van der Waals surface area contributed by atoms with Gasteiger partial charge in [0.25, 0.3) is 0 Å². The van der Waals surface area contributed by atoms with Crippen LogP contribution in [-0.2, 0) is 6.42 Å². The van der Waals surface area contributed by atoms with Crippen LogP contribution in [0.25, 0.3) is 5.65 Å². The average molecular weight is 269 g/mol. The minimum absolute atomic E-state index is 0.220. The Bertz CT molecular complexity index is 533. The van der Waals surface area contributed by atoms with Gasteiger partial charge in [0.05, 0.1) is 5.69 Å². The highest BCUT2D eigenvalue weighted by Crippen LogP contribution is 2.21. The lowest BCUT2D eigenvalue weighted by molar-refractivity contribution is 0.0698. The monoisotopic (exact) mass is 268 g/mol. The second-order valence-corrected chi connectivity index (χ2v) is 3.87. The number of aromatic nitrogens is 2. The molecule has 0 aliphatic heterocycles. The second-order valence-electron chi connectivity index (χ2n) is 3.12. The molecule has 15 heavy (non-hydrogen) atoms. The standard InChI is InChI=1S/C10H9BrN2O2/c1-2-7-8(11)13-5-3-4-6(10(14)15)9(13)12-7/h3-5H,2H2,1H3,(H,14,15). The Morgan fingerprint density at radius 2 is 2.40 bits per heavy atom. The first kappa shape index (κ1) is 10.2. The van der Waals surface area contributed by atoms with Crippen LogP contribution in [0.3, 0.4) is 0 Å². The summed E-state index contributed by atoms with van der Waals surface area (Å²) >= 11 is 3.40. The summed E-state index contributed by atoms with van der Waals surface area (Å²) in [6.45, 7) is 1.98. The SMILES string of the molecule is CCc1nc2c(C(=O)O)cccn2c1Br. The fourth-order valence-electron chi connectivity index (χ4n) is 1.48. The van der Waals surface area contributed by atoms with Gasteiger partial charge in [-0.05, 0) is 34.5 Å². The molecule has 0 spiro atoms. The Labute approximate surface area is 94.7 Å². The van der Waals surface area contributed by atoms with Crippen LogP contribution < -0.4 is 0 Å². The summed E-state index contributed by atoms with van der Waals surface area (Å²) in [5.74, 6) is -0.958. The van der Waals surface area contributed by atoms with Crippen molar-refractivity contribution in [3.63, 3.8) is 0 Å². The highest BCUT2D eigenvalue weighted by Gasteiger charge is 2.14. The van der Waals surface area contributed by atoms with E-state index >= 15 is 0 Å². The van der Waals surface area contributed by atoms with E-state index < -0.39 is 5.97 Å². The minimum Gasteiger partial charge on any atom is -0.478 e. The fourth-order valence-corrected chi connectivity index (χ4v) is 2.13. The second kappa shape index (κ2) is 3.66. The first-order valence-corrected chi connectivity index (χ1v) is 5.33. The van der Waals surface area contributed by atoms with E-state index in [9.17, 15) is 4.79 Å². The van der Waals surface area contributed by atoms with E-state index in [1.807, 2.05) is 6.92 Å². The molecule has 0 saturated carbocycles. The highest BCUT2D eigenvalue weighted by molar-refractivity contribution is 9.10. The zero-order valence-corrected chi connectivity index (χ0v) is 9.65. The number of aryl methyl sites for hydroxylation is 1. The maximum Gasteiger partial charge on any atom is 0.339 e. The predicted octanol–water partition coefficient (Wildman–Crippen LogP) is 2.36. The molecule has 2 heterocycles. The molecule has 2 aromatic heterocycles. The maximum absolute atomic E-state index is 11.0. The summed E-state index contributed by atoms with van der Waals surface area (Å²) in [6, 6.07) is 3.25. The number of aromatic carboxylic acids is 1. The van der Waals surface area contributed by atoms with E-state index in [0.29, 0.717) is 5.65 Å². The van der Waals surface area contributed by atoms with Crippen molar-refractivity contribution < 1.29 is 9.90 Å². The van der Waals surface area contributed by atoms with Crippen molar-refractivity contribution in [2.24, 2.45) is 0 Å². The van der Waals surface area contributed by atoms with E-state index in [1.54, 1.807) is 22.7 Å². The molecule has 2 rings (SSSR count). The van der Waals surface area contributed by atoms with Gasteiger partial charge in [-0.1, -0.05) is 6.92 Å². The topological polar surface area (TPSA) is 54.6 Å². The summed E-state index contributed by atoms with van der Waals surface area (Å²) in [5.41, 5.74) is 1.57. The quantitative estimate of drug-likeness (QED) is 0.910. The van der Waals surface area contributed by atoms with Crippen LogP contribution in [0.15, 0.2) is 22.9 Å². The van der Waals surface area contributed by atoms with E-state index in [-0.39, 0.29) is 5.56 Å². The predicted molar refractivity (Wildman–Crippen MR) is 59.2 cm³/mol. The molecule has 78 valence electrons. The molecule has 5 heteroatoms. The van der Waals surface area contributed by atoms with Crippen LogP contribution >= 0.6 is 15.9 Å². The highest BCUT2D eigenvalue weighted by atomic mass is 79.9. The molecule has 2 aromatic rings. The number of carboxylic acid groups (broad SMARTS) is 1. The molecule has 1 N–H and O–H groups in total. The van der Waals surface area contributed by atoms with E-state index in [1.165, 1.54) is 0 Å². The normalized spacial score (nSPS) is 10.8. The van der Waals surface area contributed by atoms with Crippen LogP contribution in [0.4, 0.5) is 0 Å². The van der Waals surface area contributed by atoms with E-state index in [2.05, 4.69) is 20.9 Å². The van der Waals surface area contributed by atoms with Gasteiger partial charge in [-0.15, -0.1) is 0 Å². The van der Waals surface area contributed by atoms with Crippen molar-refractivity contribution in [3.05, 3.63) is 34.2 Å². The Hall–Kier alpha value is -1.36. The number of hydrogen-bond acceptors (Lipinski definition) is 2. The van der Waals surface area contributed by atoms with Gasteiger partial charge in [-0.25, -0.2) is 9.78 Å². The molecule has 0 aliphatic carbocycles. The molecule has 0 fully saturated rings. The summed E-state index contributed by atoms with van der Waals surface area (Å²) < 4.78 is 2.56. The van der Waals surface area contributed by atoms with Crippen molar-refractivity contribution in [3.8, 4) is 0 Å². The lowest BCUT2D eigenvalue weighted by Gasteiger charge is -1.97. The molecule has 0 atom stereocenters. The average Bonchev–Trinajstić information content (AvgIpc) is 2.55. The molecule has 0 bridgehead atoms. The molecule has 0 saturated heterocycles.